The van der Waals surface area contributed by atoms with Crippen LogP contribution in [-0.2, 0) is 6.54 Å². The molecule has 0 spiro atoms. The van der Waals surface area contributed by atoms with E-state index in [0.29, 0.717) is 0 Å². The lowest BCUT2D eigenvalue weighted by Gasteiger charge is -2.02. The normalized spacial score (nSPS) is 10.5. The maximum Gasteiger partial charge on any atom is 0.0213 e. The van der Waals surface area contributed by atoms with E-state index in [0.717, 1.165) is 13.1 Å². The van der Waals surface area contributed by atoms with Crippen molar-refractivity contribution in [2.24, 2.45) is 0 Å². The van der Waals surface area contributed by atoms with E-state index in [1.165, 1.54) is 23.5 Å². The first-order valence-electron chi connectivity index (χ1n) is 4.73. The van der Waals surface area contributed by atoms with Crippen LogP contribution in [0.15, 0.2) is 16.8 Å². The molecule has 13 heavy (non-hydrogen) atoms. The van der Waals surface area contributed by atoms with Gasteiger partial charge in [0.1, 0.15) is 0 Å². The molecule has 1 N–H and O–H groups in total. The topological polar surface area (TPSA) is 12.0 Å². The van der Waals surface area contributed by atoms with Gasteiger partial charge >= 0.3 is 0 Å². The second-order valence-electron chi connectivity index (χ2n) is 2.86. The maximum atomic E-state index is 3.44. The van der Waals surface area contributed by atoms with Crippen LogP contribution in [0.4, 0.5) is 0 Å². The van der Waals surface area contributed by atoms with E-state index >= 15 is 0 Å². The van der Waals surface area contributed by atoms with Gasteiger partial charge in [-0.3, -0.25) is 0 Å². The van der Waals surface area contributed by atoms with Gasteiger partial charge in [-0.15, -0.1) is 0 Å². The first-order valence-corrected chi connectivity index (χ1v) is 6.82. The molecule has 1 rings (SSSR count). The first kappa shape index (κ1) is 11.1. The minimum Gasteiger partial charge on any atom is -0.313 e. The summed E-state index contributed by atoms with van der Waals surface area (Å²) in [5.74, 6) is 2.53. The van der Waals surface area contributed by atoms with Crippen molar-refractivity contribution in [2.75, 3.05) is 18.1 Å². The van der Waals surface area contributed by atoms with Crippen molar-refractivity contribution >= 4 is 23.1 Å². The molecule has 3 heteroatoms. The zero-order chi connectivity index (χ0) is 9.36. The molecule has 0 aliphatic carbocycles. The zero-order valence-corrected chi connectivity index (χ0v) is 9.72. The molecule has 1 nitrogen and oxygen atoms in total. The van der Waals surface area contributed by atoms with Crippen molar-refractivity contribution in [3.05, 3.63) is 22.4 Å². The lowest BCUT2D eigenvalue weighted by Crippen LogP contribution is -2.14. The van der Waals surface area contributed by atoms with Crippen molar-refractivity contribution in [3.8, 4) is 0 Å². The second-order valence-corrected chi connectivity index (χ2v) is 5.03. The molecule has 0 unspecified atom stereocenters. The van der Waals surface area contributed by atoms with E-state index in [-0.39, 0.29) is 0 Å². The third-order valence-corrected chi connectivity index (χ3v) is 3.47. The first-order chi connectivity index (χ1) is 6.43. The van der Waals surface area contributed by atoms with Gasteiger partial charge in [-0.2, -0.15) is 23.1 Å². The summed E-state index contributed by atoms with van der Waals surface area (Å²) in [5.41, 5.74) is 1.41. The summed E-state index contributed by atoms with van der Waals surface area (Å²) < 4.78 is 0. The Labute approximate surface area is 88.9 Å². The van der Waals surface area contributed by atoms with Gasteiger partial charge in [-0.05, 0) is 46.9 Å². The highest BCUT2D eigenvalue weighted by Gasteiger charge is 1.91. The van der Waals surface area contributed by atoms with E-state index in [1.54, 1.807) is 11.3 Å². The molecule has 0 atom stereocenters. The van der Waals surface area contributed by atoms with Crippen LogP contribution < -0.4 is 5.32 Å². The van der Waals surface area contributed by atoms with Crippen LogP contribution in [0.3, 0.4) is 0 Å². The van der Waals surface area contributed by atoms with Gasteiger partial charge in [0.2, 0.25) is 0 Å². The summed E-state index contributed by atoms with van der Waals surface area (Å²) in [4.78, 5) is 0. The zero-order valence-electron chi connectivity index (χ0n) is 8.08. The molecule has 1 aromatic heterocycles. The van der Waals surface area contributed by atoms with Crippen LogP contribution in [0, 0.1) is 0 Å². The van der Waals surface area contributed by atoms with Gasteiger partial charge in [0.15, 0.2) is 0 Å². The Kier molecular flexibility index (Phi) is 6.33. The molecule has 1 aromatic rings. The smallest absolute Gasteiger partial charge is 0.0213 e. The molecule has 0 aliphatic rings. The quantitative estimate of drug-likeness (QED) is 0.702. The van der Waals surface area contributed by atoms with Crippen LogP contribution in [0.1, 0.15) is 18.9 Å². The molecule has 0 fully saturated rings. The average molecular weight is 215 g/mol. The van der Waals surface area contributed by atoms with Crippen LogP contribution in [0.25, 0.3) is 0 Å². The number of hydrogen-bond donors (Lipinski definition) is 1. The maximum absolute atomic E-state index is 3.44. The number of nitrogens with one attached hydrogen (secondary N) is 1. The van der Waals surface area contributed by atoms with E-state index in [9.17, 15) is 0 Å². The van der Waals surface area contributed by atoms with E-state index in [1.807, 2.05) is 11.8 Å². The van der Waals surface area contributed by atoms with Crippen LogP contribution in [0.5, 0.6) is 0 Å². The molecule has 0 aromatic carbocycles. The van der Waals surface area contributed by atoms with E-state index < -0.39 is 0 Å². The lowest BCUT2D eigenvalue weighted by molar-refractivity contribution is 0.680. The summed E-state index contributed by atoms with van der Waals surface area (Å²) in [7, 11) is 0. The SMILES string of the molecule is CCSCCCNCc1ccsc1. The third kappa shape index (κ3) is 5.34. The van der Waals surface area contributed by atoms with Crippen molar-refractivity contribution in [2.45, 2.75) is 19.9 Å². The molecule has 0 aliphatic heterocycles. The predicted molar refractivity (Wildman–Crippen MR) is 63.6 cm³/mol. The van der Waals surface area contributed by atoms with Crippen molar-refractivity contribution < 1.29 is 0 Å². The van der Waals surface area contributed by atoms with Crippen molar-refractivity contribution in [3.63, 3.8) is 0 Å². The monoisotopic (exact) mass is 215 g/mol. The summed E-state index contributed by atoms with van der Waals surface area (Å²) in [6, 6.07) is 2.18. The summed E-state index contributed by atoms with van der Waals surface area (Å²) >= 11 is 3.79. The Bertz CT molecular complexity index is 197. The van der Waals surface area contributed by atoms with Gasteiger partial charge in [0.05, 0.1) is 0 Å². The Hall–Kier alpha value is 0.01000. The molecular weight excluding hydrogens is 198 g/mol. The number of rotatable bonds is 7. The Morgan fingerprint density at radius 3 is 3.15 bits per heavy atom. The summed E-state index contributed by atoms with van der Waals surface area (Å²) in [6.45, 7) is 4.38. The standard InChI is InChI=1S/C10H17NS2/c1-2-12-6-3-5-11-8-10-4-7-13-9-10/h4,7,9,11H,2-3,5-6,8H2,1H3. The number of thioether (sulfide) groups is 1. The third-order valence-electron chi connectivity index (χ3n) is 1.76. The fraction of sp³-hybridized carbons (Fsp3) is 0.600. The van der Waals surface area contributed by atoms with Gasteiger partial charge < -0.3 is 5.32 Å². The minimum atomic E-state index is 1.03. The van der Waals surface area contributed by atoms with Crippen LogP contribution in [0.2, 0.25) is 0 Å². The summed E-state index contributed by atoms with van der Waals surface area (Å²) in [5, 5.41) is 7.77. The Morgan fingerprint density at radius 2 is 2.46 bits per heavy atom. The van der Waals surface area contributed by atoms with Crippen LogP contribution >= 0.6 is 23.1 Å². The lowest BCUT2D eigenvalue weighted by atomic mass is 10.3. The molecule has 74 valence electrons. The minimum absolute atomic E-state index is 1.03. The molecule has 0 radical (unpaired) electrons. The Morgan fingerprint density at radius 1 is 1.54 bits per heavy atom. The van der Waals surface area contributed by atoms with Crippen molar-refractivity contribution in [1.29, 1.82) is 0 Å². The van der Waals surface area contributed by atoms with Gasteiger partial charge in [-0.25, -0.2) is 0 Å². The molecular formula is C10H17NS2. The molecule has 0 saturated carbocycles. The Balaban J connectivity index is 1.90. The highest BCUT2D eigenvalue weighted by molar-refractivity contribution is 7.99. The summed E-state index contributed by atoms with van der Waals surface area (Å²) in [6.07, 6.45) is 1.28. The highest BCUT2D eigenvalue weighted by atomic mass is 32.2. The largest absolute Gasteiger partial charge is 0.313 e. The highest BCUT2D eigenvalue weighted by Crippen LogP contribution is 2.05. The molecule has 0 saturated heterocycles. The predicted octanol–water partition coefficient (Wildman–Crippen LogP) is 2.98. The van der Waals surface area contributed by atoms with Gasteiger partial charge in [0, 0.05) is 6.54 Å². The van der Waals surface area contributed by atoms with Crippen molar-refractivity contribution in [1.82, 2.24) is 5.32 Å². The number of thiophene rings is 1. The molecule has 1 heterocycles. The van der Waals surface area contributed by atoms with E-state index in [4.69, 9.17) is 0 Å². The second kappa shape index (κ2) is 7.42. The van der Waals surface area contributed by atoms with Gasteiger partial charge in [-0.1, -0.05) is 6.92 Å². The molecule has 0 bridgehead atoms. The van der Waals surface area contributed by atoms with E-state index in [2.05, 4.69) is 29.1 Å². The fourth-order valence-electron chi connectivity index (χ4n) is 1.07. The number of hydrogen-bond acceptors (Lipinski definition) is 3. The van der Waals surface area contributed by atoms with Gasteiger partial charge in [0.25, 0.3) is 0 Å². The fourth-order valence-corrected chi connectivity index (χ4v) is 2.38. The van der Waals surface area contributed by atoms with Crippen LogP contribution in [-0.4, -0.2) is 18.1 Å². The average Bonchev–Trinajstić information content (AvgIpc) is 2.63. The molecule has 0 amide bonds.